The molecule has 2 aromatic rings. The van der Waals surface area contributed by atoms with Gasteiger partial charge in [0.15, 0.2) is 23.0 Å². The minimum absolute atomic E-state index is 0.0906. The molecule has 1 aromatic carbocycles. The summed E-state index contributed by atoms with van der Waals surface area (Å²) in [6.07, 6.45) is 0. The average molecular weight is 289 g/mol. The van der Waals surface area contributed by atoms with E-state index >= 15 is 0 Å². The molecule has 0 aliphatic rings. The predicted octanol–water partition coefficient (Wildman–Crippen LogP) is 2.12. The molecule has 0 bridgehead atoms. The van der Waals surface area contributed by atoms with Crippen molar-refractivity contribution in [2.24, 2.45) is 0 Å². The fourth-order valence-corrected chi connectivity index (χ4v) is 1.74. The molecule has 110 valence electrons. The lowest BCUT2D eigenvalue weighted by Crippen LogP contribution is -2.06. The quantitative estimate of drug-likeness (QED) is 0.773. The molecule has 0 aliphatic carbocycles. The number of anilines is 3. The van der Waals surface area contributed by atoms with E-state index in [4.69, 9.17) is 20.3 Å². The van der Waals surface area contributed by atoms with Crippen molar-refractivity contribution in [3.05, 3.63) is 36.0 Å². The Hall–Kier alpha value is -2.96. The van der Waals surface area contributed by atoms with Crippen LogP contribution in [0.25, 0.3) is 0 Å². The van der Waals surface area contributed by atoms with E-state index in [1.54, 1.807) is 25.3 Å². The molecule has 0 radical (unpaired) electrons. The van der Waals surface area contributed by atoms with Gasteiger partial charge in [-0.05, 0) is 24.3 Å². The van der Waals surface area contributed by atoms with E-state index in [0.717, 1.165) is 0 Å². The fourth-order valence-electron chi connectivity index (χ4n) is 1.74. The number of aromatic carboxylic acids is 1. The zero-order valence-electron chi connectivity index (χ0n) is 11.6. The molecule has 0 saturated carbocycles. The fraction of sp³-hybridized carbons (Fsp3) is 0.143. The SMILES string of the molecule is COc1ccc(Nc2nc(C(=O)O)ccc2N)cc1OC. The van der Waals surface area contributed by atoms with Crippen molar-refractivity contribution >= 4 is 23.2 Å². The van der Waals surface area contributed by atoms with Gasteiger partial charge in [-0.15, -0.1) is 0 Å². The van der Waals surface area contributed by atoms with Crippen LogP contribution in [-0.2, 0) is 0 Å². The van der Waals surface area contributed by atoms with Gasteiger partial charge < -0.3 is 25.6 Å². The van der Waals surface area contributed by atoms with Crippen molar-refractivity contribution in [2.75, 3.05) is 25.3 Å². The molecule has 1 heterocycles. The third kappa shape index (κ3) is 3.14. The first kappa shape index (κ1) is 14.4. The Morgan fingerprint density at radius 1 is 1.19 bits per heavy atom. The molecule has 0 fully saturated rings. The van der Waals surface area contributed by atoms with Crippen LogP contribution in [0.15, 0.2) is 30.3 Å². The van der Waals surface area contributed by atoms with Crippen molar-refractivity contribution in [3.63, 3.8) is 0 Å². The minimum Gasteiger partial charge on any atom is -0.493 e. The Balaban J connectivity index is 2.33. The maximum atomic E-state index is 10.9. The molecule has 0 aliphatic heterocycles. The van der Waals surface area contributed by atoms with Crippen LogP contribution in [0.2, 0.25) is 0 Å². The number of hydrogen-bond acceptors (Lipinski definition) is 6. The molecule has 0 spiro atoms. The van der Waals surface area contributed by atoms with Crippen molar-refractivity contribution in [1.29, 1.82) is 0 Å². The number of aromatic nitrogens is 1. The summed E-state index contributed by atoms with van der Waals surface area (Å²) >= 11 is 0. The lowest BCUT2D eigenvalue weighted by molar-refractivity contribution is 0.0690. The number of methoxy groups -OCH3 is 2. The maximum Gasteiger partial charge on any atom is 0.354 e. The van der Waals surface area contributed by atoms with Crippen LogP contribution in [0.5, 0.6) is 11.5 Å². The van der Waals surface area contributed by atoms with Gasteiger partial charge >= 0.3 is 5.97 Å². The van der Waals surface area contributed by atoms with Gasteiger partial charge in [0.2, 0.25) is 0 Å². The van der Waals surface area contributed by atoms with Crippen LogP contribution in [0.1, 0.15) is 10.5 Å². The van der Waals surface area contributed by atoms with Gasteiger partial charge in [-0.1, -0.05) is 0 Å². The van der Waals surface area contributed by atoms with Crippen LogP contribution in [-0.4, -0.2) is 30.3 Å². The first-order valence-corrected chi connectivity index (χ1v) is 6.04. The second-order valence-corrected chi connectivity index (χ2v) is 4.13. The predicted molar refractivity (Wildman–Crippen MR) is 78.4 cm³/mol. The number of rotatable bonds is 5. The van der Waals surface area contributed by atoms with E-state index < -0.39 is 5.97 Å². The van der Waals surface area contributed by atoms with Crippen LogP contribution in [0.3, 0.4) is 0 Å². The number of ether oxygens (including phenoxy) is 2. The number of nitrogens with one attached hydrogen (secondary N) is 1. The first-order chi connectivity index (χ1) is 10.0. The van der Waals surface area contributed by atoms with E-state index in [9.17, 15) is 4.79 Å². The molecular formula is C14H15N3O4. The third-order valence-electron chi connectivity index (χ3n) is 2.79. The van der Waals surface area contributed by atoms with Crippen LogP contribution >= 0.6 is 0 Å². The Morgan fingerprint density at radius 3 is 2.52 bits per heavy atom. The number of benzene rings is 1. The number of nitrogens with two attached hydrogens (primary N) is 1. The van der Waals surface area contributed by atoms with Gasteiger partial charge in [0, 0.05) is 11.8 Å². The van der Waals surface area contributed by atoms with Crippen LogP contribution in [0.4, 0.5) is 17.2 Å². The second kappa shape index (κ2) is 6.00. The number of carboxylic acid groups (broad SMARTS) is 1. The summed E-state index contributed by atoms with van der Waals surface area (Å²) in [6, 6.07) is 8.00. The molecule has 7 nitrogen and oxygen atoms in total. The number of pyridine rings is 1. The van der Waals surface area contributed by atoms with Gasteiger partial charge in [-0.2, -0.15) is 0 Å². The maximum absolute atomic E-state index is 10.9. The Labute approximate surface area is 121 Å². The van der Waals surface area contributed by atoms with Crippen LogP contribution < -0.4 is 20.5 Å². The lowest BCUT2D eigenvalue weighted by Gasteiger charge is -2.12. The second-order valence-electron chi connectivity index (χ2n) is 4.13. The molecular weight excluding hydrogens is 274 g/mol. The largest absolute Gasteiger partial charge is 0.493 e. The zero-order valence-corrected chi connectivity index (χ0v) is 11.6. The van der Waals surface area contributed by atoms with E-state index in [2.05, 4.69) is 10.3 Å². The molecule has 0 unspecified atom stereocenters. The third-order valence-corrected chi connectivity index (χ3v) is 2.79. The Kier molecular flexibility index (Phi) is 4.13. The van der Waals surface area contributed by atoms with Gasteiger partial charge in [0.25, 0.3) is 0 Å². The summed E-state index contributed by atoms with van der Waals surface area (Å²) in [5, 5.41) is 11.9. The summed E-state index contributed by atoms with van der Waals surface area (Å²) in [5.41, 5.74) is 6.69. The van der Waals surface area contributed by atoms with E-state index in [0.29, 0.717) is 22.9 Å². The van der Waals surface area contributed by atoms with E-state index in [1.165, 1.54) is 19.2 Å². The molecule has 0 amide bonds. The van der Waals surface area contributed by atoms with Crippen molar-refractivity contribution in [3.8, 4) is 11.5 Å². The molecule has 1 aromatic heterocycles. The monoisotopic (exact) mass is 289 g/mol. The van der Waals surface area contributed by atoms with E-state index in [-0.39, 0.29) is 11.5 Å². The molecule has 7 heteroatoms. The number of carboxylic acids is 1. The smallest absolute Gasteiger partial charge is 0.354 e. The normalized spacial score (nSPS) is 10.0. The summed E-state index contributed by atoms with van der Waals surface area (Å²) < 4.78 is 10.3. The highest BCUT2D eigenvalue weighted by Gasteiger charge is 2.10. The lowest BCUT2D eigenvalue weighted by atomic mass is 10.2. The molecule has 0 atom stereocenters. The summed E-state index contributed by atoms with van der Waals surface area (Å²) in [7, 11) is 3.07. The summed E-state index contributed by atoms with van der Waals surface area (Å²) in [5.74, 6) is 0.270. The van der Waals surface area contributed by atoms with E-state index in [1.807, 2.05) is 0 Å². The highest BCUT2D eigenvalue weighted by atomic mass is 16.5. The Bertz CT molecular complexity index is 673. The number of nitrogen functional groups attached to an aromatic ring is 1. The highest BCUT2D eigenvalue weighted by molar-refractivity contribution is 5.87. The van der Waals surface area contributed by atoms with Crippen molar-refractivity contribution < 1.29 is 19.4 Å². The van der Waals surface area contributed by atoms with Crippen molar-refractivity contribution in [1.82, 2.24) is 4.98 Å². The number of hydrogen-bond donors (Lipinski definition) is 3. The average Bonchev–Trinajstić information content (AvgIpc) is 2.49. The topological polar surface area (TPSA) is 107 Å². The molecule has 0 saturated heterocycles. The summed E-state index contributed by atoms with van der Waals surface area (Å²) in [4.78, 5) is 14.9. The number of nitrogens with zero attached hydrogens (tertiary/aromatic N) is 1. The molecule has 2 rings (SSSR count). The standard InChI is InChI=1S/C14H15N3O4/c1-20-11-6-3-8(7-12(11)21-2)16-13-9(15)4-5-10(17-13)14(18)19/h3-7H,15H2,1-2H3,(H,16,17)(H,18,19). The number of carbonyl (C=O) groups is 1. The summed E-state index contributed by atoms with van der Waals surface area (Å²) in [6.45, 7) is 0. The zero-order chi connectivity index (χ0) is 15.4. The van der Waals surface area contributed by atoms with Crippen molar-refractivity contribution in [2.45, 2.75) is 0 Å². The van der Waals surface area contributed by atoms with Crippen LogP contribution in [0, 0.1) is 0 Å². The minimum atomic E-state index is -1.12. The van der Waals surface area contributed by atoms with Gasteiger partial charge in [-0.3, -0.25) is 0 Å². The molecule has 21 heavy (non-hydrogen) atoms. The van der Waals surface area contributed by atoms with Gasteiger partial charge in [-0.25, -0.2) is 9.78 Å². The first-order valence-electron chi connectivity index (χ1n) is 6.04. The molecule has 4 N–H and O–H groups in total. The highest BCUT2D eigenvalue weighted by Crippen LogP contribution is 2.31. The van der Waals surface area contributed by atoms with Gasteiger partial charge in [0.1, 0.15) is 0 Å². The van der Waals surface area contributed by atoms with Gasteiger partial charge in [0.05, 0.1) is 19.9 Å². The Morgan fingerprint density at radius 2 is 1.90 bits per heavy atom.